The van der Waals surface area contributed by atoms with E-state index >= 15 is 0 Å². The first-order valence-electron chi connectivity index (χ1n) is 7.99. The van der Waals surface area contributed by atoms with Crippen LogP contribution in [0.1, 0.15) is 19.4 Å². The van der Waals surface area contributed by atoms with Crippen LogP contribution in [0.5, 0.6) is 0 Å². The van der Waals surface area contributed by atoms with E-state index in [1.54, 1.807) is 12.1 Å². The highest BCUT2D eigenvalue weighted by Crippen LogP contribution is 2.32. The molecule has 1 aromatic carbocycles. The molecule has 2 N–H and O–H groups in total. The number of aliphatic hydroxyl groups is 1. The molecule has 0 aromatic heterocycles. The van der Waals surface area contributed by atoms with Crippen LogP contribution in [0.4, 0.5) is 0 Å². The minimum atomic E-state index is -4.03. The molecule has 3 rings (SSSR count). The first-order valence-corrected chi connectivity index (χ1v) is 9.40. The quantitative estimate of drug-likeness (QED) is 0.743. The van der Waals surface area contributed by atoms with E-state index in [0.29, 0.717) is 0 Å². The van der Waals surface area contributed by atoms with E-state index in [2.05, 4.69) is 5.32 Å². The Kier molecular flexibility index (Phi) is 4.96. The molecule has 1 aromatic rings. The van der Waals surface area contributed by atoms with Crippen LogP contribution >= 0.6 is 0 Å². The average Bonchev–Trinajstić information content (AvgIpc) is 2.95. The van der Waals surface area contributed by atoms with Gasteiger partial charge in [0.15, 0.2) is 12.4 Å². The lowest BCUT2D eigenvalue weighted by Gasteiger charge is -2.38. The topological polar surface area (TPSA) is 94.1 Å². The molecule has 134 valence electrons. The van der Waals surface area contributed by atoms with Crippen LogP contribution in [0.2, 0.25) is 0 Å². The first-order chi connectivity index (χ1) is 11.3. The molecule has 0 spiro atoms. The van der Waals surface area contributed by atoms with Crippen molar-refractivity contribution in [3.63, 3.8) is 0 Å². The standard InChI is InChI=1S/C16H23NO6S/c1-9(2)17-13-12-8-21-16(22-12)15(14(13)18)23-24(19,20)11-6-4-10(3)5-7-11/h4-7,9,12-18H,8H2,1-3H3/t12-,13+,14-,15+,16-/m1/s1. The number of ether oxygens (including phenoxy) is 2. The number of fused-ring (bicyclic) bond motifs is 2. The molecule has 2 fully saturated rings. The summed E-state index contributed by atoms with van der Waals surface area (Å²) in [6.07, 6.45) is -3.39. The summed E-state index contributed by atoms with van der Waals surface area (Å²) in [5.74, 6) is 0. The molecule has 24 heavy (non-hydrogen) atoms. The summed E-state index contributed by atoms with van der Waals surface area (Å²) in [6.45, 7) is 6.03. The van der Waals surface area contributed by atoms with Crippen molar-refractivity contribution in [2.24, 2.45) is 0 Å². The summed E-state index contributed by atoms with van der Waals surface area (Å²) in [7, 11) is -4.03. The van der Waals surface area contributed by atoms with Gasteiger partial charge in [-0.25, -0.2) is 0 Å². The monoisotopic (exact) mass is 357 g/mol. The van der Waals surface area contributed by atoms with Gasteiger partial charge in [-0.2, -0.15) is 8.42 Å². The predicted octanol–water partition coefficient (Wildman–Crippen LogP) is 0.552. The average molecular weight is 357 g/mol. The molecule has 0 unspecified atom stereocenters. The second-order valence-corrected chi connectivity index (χ2v) is 8.11. The number of aryl methyl sites for hydroxylation is 1. The molecule has 0 amide bonds. The van der Waals surface area contributed by atoms with Crippen LogP contribution in [-0.4, -0.2) is 56.8 Å². The smallest absolute Gasteiger partial charge is 0.297 e. The Bertz CT molecular complexity index is 674. The molecule has 7 nitrogen and oxygen atoms in total. The van der Waals surface area contributed by atoms with Crippen molar-refractivity contribution < 1.29 is 27.2 Å². The summed E-state index contributed by atoms with van der Waals surface area (Å²) >= 11 is 0. The van der Waals surface area contributed by atoms with E-state index < -0.39 is 34.7 Å². The van der Waals surface area contributed by atoms with Crippen LogP contribution in [0.25, 0.3) is 0 Å². The van der Waals surface area contributed by atoms with E-state index in [1.807, 2.05) is 20.8 Å². The highest BCUT2D eigenvalue weighted by atomic mass is 32.2. The Morgan fingerprint density at radius 3 is 2.58 bits per heavy atom. The molecule has 2 saturated heterocycles. The molecule has 0 radical (unpaired) electrons. The van der Waals surface area contributed by atoms with Gasteiger partial charge in [-0.1, -0.05) is 31.5 Å². The van der Waals surface area contributed by atoms with Crippen molar-refractivity contribution >= 4 is 10.1 Å². The van der Waals surface area contributed by atoms with Gasteiger partial charge >= 0.3 is 0 Å². The number of benzene rings is 1. The lowest BCUT2D eigenvalue weighted by atomic mass is 9.97. The maximum atomic E-state index is 12.5. The van der Waals surface area contributed by atoms with E-state index in [1.165, 1.54) is 12.1 Å². The molecule has 2 aliphatic heterocycles. The van der Waals surface area contributed by atoms with Crippen molar-refractivity contribution in [1.82, 2.24) is 5.32 Å². The number of hydrogen-bond donors (Lipinski definition) is 2. The lowest BCUT2D eigenvalue weighted by molar-refractivity contribution is -0.193. The largest absolute Gasteiger partial charge is 0.388 e. The van der Waals surface area contributed by atoms with Gasteiger partial charge in [-0.3, -0.25) is 4.18 Å². The third kappa shape index (κ3) is 3.49. The van der Waals surface area contributed by atoms with Crippen molar-refractivity contribution in [3.05, 3.63) is 29.8 Å². The third-order valence-electron chi connectivity index (χ3n) is 4.18. The molecule has 8 heteroatoms. The molecule has 2 heterocycles. The zero-order valence-electron chi connectivity index (χ0n) is 13.9. The maximum absolute atomic E-state index is 12.5. The molecular formula is C16H23NO6S. The molecule has 0 saturated carbocycles. The highest BCUT2D eigenvalue weighted by Gasteiger charge is 2.52. The molecule has 5 atom stereocenters. The van der Waals surface area contributed by atoms with Crippen molar-refractivity contribution in [3.8, 4) is 0 Å². The van der Waals surface area contributed by atoms with E-state index in [-0.39, 0.29) is 23.6 Å². The minimum absolute atomic E-state index is 0.0359. The Morgan fingerprint density at radius 1 is 1.29 bits per heavy atom. The maximum Gasteiger partial charge on any atom is 0.297 e. The van der Waals surface area contributed by atoms with Gasteiger partial charge in [0.2, 0.25) is 0 Å². The molecule has 2 aliphatic rings. The Labute approximate surface area is 142 Å². The van der Waals surface area contributed by atoms with E-state index in [0.717, 1.165) is 5.56 Å². The second kappa shape index (κ2) is 6.70. The number of nitrogens with one attached hydrogen (secondary N) is 1. The number of rotatable bonds is 5. The van der Waals surface area contributed by atoms with Gasteiger partial charge in [0.05, 0.1) is 17.5 Å². The zero-order valence-corrected chi connectivity index (χ0v) is 14.7. The van der Waals surface area contributed by atoms with Gasteiger partial charge in [-0.05, 0) is 19.1 Å². The van der Waals surface area contributed by atoms with Crippen LogP contribution in [0.3, 0.4) is 0 Å². The van der Waals surface area contributed by atoms with Gasteiger partial charge in [0.25, 0.3) is 10.1 Å². The van der Waals surface area contributed by atoms with Gasteiger partial charge in [0.1, 0.15) is 12.2 Å². The minimum Gasteiger partial charge on any atom is -0.388 e. The second-order valence-electron chi connectivity index (χ2n) is 6.54. The van der Waals surface area contributed by atoms with Crippen LogP contribution in [0, 0.1) is 6.92 Å². The van der Waals surface area contributed by atoms with Crippen molar-refractivity contribution in [2.45, 2.75) is 62.4 Å². The fourth-order valence-electron chi connectivity index (χ4n) is 2.99. The fraction of sp³-hybridized carbons (Fsp3) is 0.625. The Morgan fingerprint density at radius 2 is 1.96 bits per heavy atom. The first kappa shape index (κ1) is 17.8. The summed E-state index contributed by atoms with van der Waals surface area (Å²) < 4.78 is 41.4. The number of aliphatic hydroxyl groups excluding tert-OH is 1. The van der Waals surface area contributed by atoms with Crippen LogP contribution < -0.4 is 5.32 Å². The van der Waals surface area contributed by atoms with E-state index in [4.69, 9.17) is 13.7 Å². The number of hydrogen-bond acceptors (Lipinski definition) is 7. The Balaban J connectivity index is 1.81. The van der Waals surface area contributed by atoms with Gasteiger partial charge in [0, 0.05) is 6.04 Å². The van der Waals surface area contributed by atoms with E-state index in [9.17, 15) is 13.5 Å². The lowest BCUT2D eigenvalue weighted by Crippen LogP contribution is -2.61. The van der Waals surface area contributed by atoms with Crippen LogP contribution in [0.15, 0.2) is 29.2 Å². The third-order valence-corrected chi connectivity index (χ3v) is 5.51. The van der Waals surface area contributed by atoms with Gasteiger partial charge < -0.3 is 19.9 Å². The van der Waals surface area contributed by atoms with Crippen LogP contribution in [-0.2, 0) is 23.8 Å². The molecule has 0 aliphatic carbocycles. The van der Waals surface area contributed by atoms with Crippen molar-refractivity contribution in [1.29, 1.82) is 0 Å². The van der Waals surface area contributed by atoms with Crippen molar-refractivity contribution in [2.75, 3.05) is 6.61 Å². The molecule has 2 bridgehead atoms. The summed E-state index contributed by atoms with van der Waals surface area (Å²) in [5.41, 5.74) is 0.943. The summed E-state index contributed by atoms with van der Waals surface area (Å²) in [6, 6.07) is 5.97. The summed E-state index contributed by atoms with van der Waals surface area (Å²) in [4.78, 5) is 0.0359. The highest BCUT2D eigenvalue weighted by molar-refractivity contribution is 7.86. The Hall–Kier alpha value is -1.03. The predicted molar refractivity (Wildman–Crippen MR) is 85.9 cm³/mol. The fourth-order valence-corrected chi connectivity index (χ4v) is 4.06. The van der Waals surface area contributed by atoms with Gasteiger partial charge in [-0.15, -0.1) is 0 Å². The normalized spacial score (nSPS) is 33.1. The molecular weight excluding hydrogens is 334 g/mol. The summed E-state index contributed by atoms with van der Waals surface area (Å²) in [5, 5.41) is 13.8. The SMILES string of the molecule is Cc1ccc(S(=O)(=O)O[C@@H]2[C@@H]3OC[C@@H](O3)[C@H](NC(C)C)[C@H]2O)cc1. The zero-order chi connectivity index (χ0) is 17.5.